The Kier molecular flexibility index (Phi) is 4.91. The zero-order valence-corrected chi connectivity index (χ0v) is 13.7. The van der Waals surface area contributed by atoms with E-state index in [-0.39, 0.29) is 11.7 Å². The van der Waals surface area contributed by atoms with Gasteiger partial charge in [0.1, 0.15) is 11.5 Å². The van der Waals surface area contributed by atoms with E-state index >= 15 is 0 Å². The number of nitrogens with zero attached hydrogens (tertiary/aromatic N) is 4. The summed E-state index contributed by atoms with van der Waals surface area (Å²) in [6, 6.07) is 0. The third-order valence-corrected chi connectivity index (χ3v) is 4.61. The average molecular weight is 316 g/mol. The molecular weight excluding hydrogens is 292 g/mol. The molecule has 0 aromatic carbocycles. The van der Waals surface area contributed by atoms with Crippen molar-refractivity contribution in [1.29, 1.82) is 0 Å². The summed E-state index contributed by atoms with van der Waals surface area (Å²) in [5, 5.41) is 0. The van der Waals surface area contributed by atoms with Crippen molar-refractivity contribution in [3.63, 3.8) is 0 Å². The van der Waals surface area contributed by atoms with Gasteiger partial charge in [0.2, 0.25) is 5.91 Å². The zero-order valence-electron chi connectivity index (χ0n) is 13.7. The molecule has 124 valence electrons. The third-order valence-electron chi connectivity index (χ3n) is 4.61. The van der Waals surface area contributed by atoms with Gasteiger partial charge >= 0.3 is 0 Å². The first kappa shape index (κ1) is 15.9. The minimum atomic E-state index is 0.0185. The molecule has 3 rings (SSSR count). The van der Waals surface area contributed by atoms with Crippen molar-refractivity contribution in [3.8, 4) is 0 Å². The van der Waals surface area contributed by atoms with Crippen LogP contribution >= 0.6 is 0 Å². The molecule has 2 aliphatic heterocycles. The molecule has 23 heavy (non-hydrogen) atoms. The van der Waals surface area contributed by atoms with Crippen molar-refractivity contribution < 1.29 is 9.59 Å². The van der Waals surface area contributed by atoms with Crippen LogP contribution in [0.4, 0.5) is 0 Å². The van der Waals surface area contributed by atoms with Gasteiger partial charge in [-0.1, -0.05) is 12.5 Å². The fraction of sp³-hybridized carbons (Fsp3) is 0.588. The number of likely N-dealkylation sites (tertiary alicyclic amines) is 1. The van der Waals surface area contributed by atoms with Crippen LogP contribution in [0.3, 0.4) is 0 Å². The maximum absolute atomic E-state index is 12.3. The van der Waals surface area contributed by atoms with Gasteiger partial charge in [-0.3, -0.25) is 14.5 Å². The first-order valence-corrected chi connectivity index (χ1v) is 8.38. The van der Waals surface area contributed by atoms with Crippen molar-refractivity contribution in [3.05, 3.63) is 29.9 Å². The Balaban J connectivity index is 1.55. The average Bonchev–Trinajstić information content (AvgIpc) is 2.99. The van der Waals surface area contributed by atoms with Crippen LogP contribution in [0.1, 0.15) is 42.5 Å². The molecule has 0 saturated carbocycles. The van der Waals surface area contributed by atoms with Crippen LogP contribution in [0.15, 0.2) is 18.3 Å². The van der Waals surface area contributed by atoms with Gasteiger partial charge in [0.15, 0.2) is 5.78 Å². The van der Waals surface area contributed by atoms with Crippen molar-refractivity contribution in [2.75, 3.05) is 26.2 Å². The molecule has 1 fully saturated rings. The highest BCUT2D eigenvalue weighted by atomic mass is 16.2. The van der Waals surface area contributed by atoms with Crippen LogP contribution in [0.2, 0.25) is 0 Å². The summed E-state index contributed by atoms with van der Waals surface area (Å²) >= 11 is 0. The lowest BCUT2D eigenvalue weighted by atomic mass is 10.1. The van der Waals surface area contributed by atoms with Gasteiger partial charge in [0.25, 0.3) is 0 Å². The monoisotopic (exact) mass is 316 g/mol. The number of carbonyl (C=O) groups is 2. The molecule has 0 bridgehead atoms. The van der Waals surface area contributed by atoms with E-state index in [9.17, 15) is 9.59 Å². The summed E-state index contributed by atoms with van der Waals surface area (Å²) in [7, 11) is 0. The quantitative estimate of drug-likeness (QED) is 0.623. The minimum absolute atomic E-state index is 0.0185. The molecule has 6 nitrogen and oxygen atoms in total. The number of ketones is 1. The number of rotatable bonds is 4. The van der Waals surface area contributed by atoms with E-state index in [1.54, 1.807) is 24.1 Å². The van der Waals surface area contributed by atoms with E-state index in [1.807, 2.05) is 10.6 Å². The molecule has 0 atom stereocenters. The summed E-state index contributed by atoms with van der Waals surface area (Å²) in [6.45, 7) is 6.39. The van der Waals surface area contributed by atoms with Crippen LogP contribution < -0.4 is 0 Å². The van der Waals surface area contributed by atoms with Gasteiger partial charge in [0, 0.05) is 32.6 Å². The Hall–Kier alpha value is -1.95. The highest BCUT2D eigenvalue weighted by molar-refractivity contribution is 5.92. The lowest BCUT2D eigenvalue weighted by molar-refractivity contribution is -0.127. The number of aromatic nitrogens is 2. The molecule has 1 aromatic heterocycles. The molecule has 6 heteroatoms. The third kappa shape index (κ3) is 3.69. The topological polar surface area (TPSA) is 58.4 Å². The molecule has 0 spiro atoms. The van der Waals surface area contributed by atoms with Gasteiger partial charge < -0.3 is 9.47 Å². The summed E-state index contributed by atoms with van der Waals surface area (Å²) in [5.74, 6) is 0.838. The van der Waals surface area contributed by atoms with Crippen LogP contribution in [-0.2, 0) is 17.9 Å². The van der Waals surface area contributed by atoms with E-state index in [2.05, 4.69) is 9.88 Å². The van der Waals surface area contributed by atoms with Crippen LogP contribution in [0, 0.1) is 0 Å². The number of carbonyl (C=O) groups excluding carboxylic acids is 2. The summed E-state index contributed by atoms with van der Waals surface area (Å²) < 4.78 is 1.92. The first-order chi connectivity index (χ1) is 11.1. The Labute approximate surface area is 136 Å². The molecular formula is C17H24N4O2. The van der Waals surface area contributed by atoms with Crippen molar-refractivity contribution in [1.82, 2.24) is 19.4 Å². The van der Waals surface area contributed by atoms with Gasteiger partial charge in [-0.25, -0.2) is 4.98 Å². The molecule has 3 heterocycles. The van der Waals surface area contributed by atoms with Gasteiger partial charge in [-0.15, -0.1) is 0 Å². The molecule has 2 aliphatic rings. The molecule has 1 saturated heterocycles. The summed E-state index contributed by atoms with van der Waals surface area (Å²) in [6.07, 6.45) is 9.10. The van der Waals surface area contributed by atoms with Crippen LogP contribution in [-0.4, -0.2) is 57.2 Å². The number of imidazole rings is 1. The number of fused-ring (bicyclic) bond motifs is 1. The lowest BCUT2D eigenvalue weighted by Gasteiger charge is -2.28. The lowest BCUT2D eigenvalue weighted by Crippen LogP contribution is -2.38. The van der Waals surface area contributed by atoms with Crippen molar-refractivity contribution in [2.45, 2.75) is 39.3 Å². The highest BCUT2D eigenvalue weighted by Gasteiger charge is 2.23. The smallest absolute Gasteiger partial charge is 0.246 e. The molecule has 0 N–H and O–H groups in total. The van der Waals surface area contributed by atoms with Gasteiger partial charge in [-0.05, 0) is 25.9 Å². The normalized spacial score (nSPS) is 19.1. The second-order valence-corrected chi connectivity index (χ2v) is 6.29. The fourth-order valence-corrected chi connectivity index (χ4v) is 3.28. The number of piperidine rings is 1. The van der Waals surface area contributed by atoms with E-state index < -0.39 is 0 Å². The largest absolute Gasteiger partial charge is 0.330 e. The Morgan fingerprint density at radius 1 is 1.17 bits per heavy atom. The first-order valence-electron chi connectivity index (χ1n) is 8.38. The van der Waals surface area contributed by atoms with Crippen molar-refractivity contribution >= 4 is 11.7 Å². The number of hydrogen-bond donors (Lipinski definition) is 0. The second kappa shape index (κ2) is 7.08. The summed E-state index contributed by atoms with van der Waals surface area (Å²) in [4.78, 5) is 32.3. The minimum Gasteiger partial charge on any atom is -0.330 e. The van der Waals surface area contributed by atoms with E-state index in [4.69, 9.17) is 0 Å². The van der Waals surface area contributed by atoms with Crippen LogP contribution in [0.5, 0.6) is 0 Å². The highest BCUT2D eigenvalue weighted by Crippen LogP contribution is 2.15. The van der Waals surface area contributed by atoms with E-state index in [1.165, 1.54) is 19.3 Å². The van der Waals surface area contributed by atoms with Crippen molar-refractivity contribution in [2.24, 2.45) is 0 Å². The Morgan fingerprint density at radius 2 is 1.96 bits per heavy atom. The number of Topliss-reactive ketones (excluding diaryl/α,β-unsaturated/α-hetero) is 1. The molecule has 0 radical (unpaired) electrons. The fourth-order valence-electron chi connectivity index (χ4n) is 3.28. The zero-order chi connectivity index (χ0) is 16.2. The maximum Gasteiger partial charge on any atom is 0.246 e. The second-order valence-electron chi connectivity index (χ2n) is 6.29. The molecule has 1 aromatic rings. The Bertz CT molecular complexity index is 614. The number of hydrogen-bond acceptors (Lipinski definition) is 4. The Morgan fingerprint density at radius 3 is 2.70 bits per heavy atom. The van der Waals surface area contributed by atoms with Gasteiger partial charge in [0.05, 0.1) is 12.7 Å². The predicted octanol–water partition coefficient (Wildman–Crippen LogP) is 1.47. The predicted molar refractivity (Wildman–Crippen MR) is 87.1 cm³/mol. The molecule has 1 amide bonds. The number of amides is 1. The molecule has 0 aliphatic carbocycles. The standard InChI is InChI=1S/C17H24N4O2/c1-14(22)15-12-18-16-13-20(10-11-21(15)16)17(23)6-5-9-19-7-3-2-4-8-19/h5-6,12H,2-4,7-11,13H2,1H3/b6-5+. The van der Waals surface area contributed by atoms with Gasteiger partial charge in [-0.2, -0.15) is 0 Å². The summed E-state index contributed by atoms with van der Waals surface area (Å²) in [5.41, 5.74) is 0.632. The SMILES string of the molecule is CC(=O)c1cnc2n1CCN(C(=O)/C=C/CN1CCCCC1)C2. The molecule has 0 unspecified atom stereocenters. The van der Waals surface area contributed by atoms with E-state index in [0.29, 0.717) is 25.3 Å². The maximum atomic E-state index is 12.3. The van der Waals surface area contributed by atoms with Crippen LogP contribution in [0.25, 0.3) is 0 Å². The van der Waals surface area contributed by atoms with E-state index in [0.717, 1.165) is 25.5 Å².